The molecule has 0 amide bonds. The second-order valence-electron chi connectivity index (χ2n) is 4.26. The van der Waals surface area contributed by atoms with Crippen molar-refractivity contribution in [2.75, 3.05) is 6.54 Å². The van der Waals surface area contributed by atoms with E-state index in [0.29, 0.717) is 6.04 Å². The molecule has 0 bridgehead atoms. The second kappa shape index (κ2) is 8.28. The van der Waals surface area contributed by atoms with Crippen molar-refractivity contribution in [2.45, 2.75) is 52.0 Å². The molecule has 0 aliphatic heterocycles. The fourth-order valence-corrected chi connectivity index (χ4v) is 2.06. The number of hydrogen-bond acceptors (Lipinski definition) is 2. The van der Waals surface area contributed by atoms with Crippen molar-refractivity contribution in [2.24, 2.45) is 0 Å². The molecule has 0 radical (unpaired) electrons. The van der Waals surface area contributed by atoms with Crippen LogP contribution < -0.4 is 5.32 Å². The number of hydrogen-bond donors (Lipinski definition) is 1. The van der Waals surface area contributed by atoms with Gasteiger partial charge in [0.05, 0.1) is 0 Å². The van der Waals surface area contributed by atoms with Crippen molar-refractivity contribution >= 4 is 0 Å². The Hall–Kier alpha value is -0.890. The monoisotopic (exact) mass is 220 g/mol. The second-order valence-corrected chi connectivity index (χ2v) is 4.26. The molecule has 0 saturated heterocycles. The van der Waals surface area contributed by atoms with E-state index in [-0.39, 0.29) is 0 Å². The predicted molar refractivity (Wildman–Crippen MR) is 69.5 cm³/mol. The Kier molecular flexibility index (Phi) is 6.82. The molecule has 0 aliphatic carbocycles. The summed E-state index contributed by atoms with van der Waals surface area (Å²) in [5.41, 5.74) is 1.22. The van der Waals surface area contributed by atoms with E-state index in [9.17, 15) is 0 Å². The Morgan fingerprint density at radius 3 is 2.75 bits per heavy atom. The molecule has 1 heterocycles. The number of nitrogens with one attached hydrogen (secondary N) is 1. The Balaban J connectivity index is 2.22. The molecule has 2 heteroatoms. The normalized spacial score (nSPS) is 12.6. The average molecular weight is 220 g/mol. The summed E-state index contributed by atoms with van der Waals surface area (Å²) >= 11 is 0. The van der Waals surface area contributed by atoms with E-state index < -0.39 is 0 Å². The summed E-state index contributed by atoms with van der Waals surface area (Å²) in [6.07, 6.45) is 8.03. The molecule has 1 N–H and O–H groups in total. The summed E-state index contributed by atoms with van der Waals surface area (Å²) in [5.74, 6) is 0. The zero-order chi connectivity index (χ0) is 11.6. The quantitative estimate of drug-likeness (QED) is 0.728. The van der Waals surface area contributed by atoms with Crippen LogP contribution in [0.1, 0.15) is 45.2 Å². The first-order valence-electron chi connectivity index (χ1n) is 6.50. The van der Waals surface area contributed by atoms with Gasteiger partial charge < -0.3 is 5.32 Å². The van der Waals surface area contributed by atoms with Gasteiger partial charge in [-0.1, -0.05) is 26.3 Å². The van der Waals surface area contributed by atoms with Gasteiger partial charge in [0.2, 0.25) is 0 Å². The Morgan fingerprint density at radius 1 is 1.25 bits per heavy atom. The zero-order valence-electron chi connectivity index (χ0n) is 10.6. The SMILES string of the molecule is CCCC(CCCc1ccccn1)NCC. The molecule has 16 heavy (non-hydrogen) atoms. The van der Waals surface area contributed by atoms with Crippen LogP contribution in [0.4, 0.5) is 0 Å². The lowest BCUT2D eigenvalue weighted by Gasteiger charge is -2.16. The molecule has 2 nitrogen and oxygen atoms in total. The lowest BCUT2D eigenvalue weighted by molar-refractivity contribution is 0.447. The minimum Gasteiger partial charge on any atom is -0.314 e. The largest absolute Gasteiger partial charge is 0.314 e. The van der Waals surface area contributed by atoms with Gasteiger partial charge in [-0.25, -0.2) is 0 Å². The maximum atomic E-state index is 4.35. The third kappa shape index (κ3) is 5.26. The lowest BCUT2D eigenvalue weighted by Crippen LogP contribution is -2.28. The third-order valence-electron chi connectivity index (χ3n) is 2.84. The lowest BCUT2D eigenvalue weighted by atomic mass is 10.0. The van der Waals surface area contributed by atoms with E-state index in [0.717, 1.165) is 13.0 Å². The Labute approximate surface area is 99.5 Å². The molecule has 1 aromatic rings. The standard InChI is InChI=1S/C14H24N2/c1-3-8-13(15-4-2)10-7-11-14-9-5-6-12-16-14/h5-6,9,12-13,15H,3-4,7-8,10-11H2,1-2H3. The first-order valence-corrected chi connectivity index (χ1v) is 6.50. The van der Waals surface area contributed by atoms with Gasteiger partial charge in [-0.2, -0.15) is 0 Å². The maximum absolute atomic E-state index is 4.35. The van der Waals surface area contributed by atoms with E-state index >= 15 is 0 Å². The van der Waals surface area contributed by atoms with Crippen LogP contribution in [-0.4, -0.2) is 17.6 Å². The van der Waals surface area contributed by atoms with Crippen LogP contribution >= 0.6 is 0 Å². The van der Waals surface area contributed by atoms with Crippen LogP contribution in [0.3, 0.4) is 0 Å². The average Bonchev–Trinajstić information content (AvgIpc) is 2.31. The summed E-state index contributed by atoms with van der Waals surface area (Å²) in [4.78, 5) is 4.35. The first kappa shape index (κ1) is 13.2. The molecular weight excluding hydrogens is 196 g/mol. The predicted octanol–water partition coefficient (Wildman–Crippen LogP) is 3.18. The zero-order valence-corrected chi connectivity index (χ0v) is 10.6. The third-order valence-corrected chi connectivity index (χ3v) is 2.84. The van der Waals surface area contributed by atoms with Gasteiger partial charge in [0.25, 0.3) is 0 Å². The molecule has 90 valence electrons. The van der Waals surface area contributed by atoms with E-state index in [2.05, 4.69) is 36.3 Å². The molecule has 1 rings (SSSR count). The summed E-state index contributed by atoms with van der Waals surface area (Å²) in [5, 5.41) is 3.55. The molecule has 0 aliphatic rings. The topological polar surface area (TPSA) is 24.9 Å². The molecule has 1 unspecified atom stereocenters. The Bertz CT molecular complexity index is 253. The van der Waals surface area contributed by atoms with E-state index in [1.54, 1.807) is 0 Å². The van der Waals surface area contributed by atoms with Gasteiger partial charge >= 0.3 is 0 Å². The molecule has 1 aromatic heterocycles. The molecule has 0 spiro atoms. The van der Waals surface area contributed by atoms with Crippen LogP contribution in [0, 0.1) is 0 Å². The molecular formula is C14H24N2. The van der Waals surface area contributed by atoms with Gasteiger partial charge in [-0.15, -0.1) is 0 Å². The first-order chi connectivity index (χ1) is 7.86. The number of nitrogens with zero attached hydrogens (tertiary/aromatic N) is 1. The molecule has 1 atom stereocenters. The minimum absolute atomic E-state index is 0.693. The summed E-state index contributed by atoms with van der Waals surface area (Å²) in [6, 6.07) is 6.85. The van der Waals surface area contributed by atoms with Crippen molar-refractivity contribution in [3.63, 3.8) is 0 Å². The van der Waals surface area contributed by atoms with Crippen molar-refractivity contribution < 1.29 is 0 Å². The molecule has 0 saturated carbocycles. The highest BCUT2D eigenvalue weighted by atomic mass is 14.9. The highest BCUT2D eigenvalue weighted by Gasteiger charge is 2.05. The number of aromatic nitrogens is 1. The van der Waals surface area contributed by atoms with E-state index in [1.165, 1.54) is 31.4 Å². The summed E-state index contributed by atoms with van der Waals surface area (Å²) in [6.45, 7) is 5.51. The minimum atomic E-state index is 0.693. The van der Waals surface area contributed by atoms with E-state index in [4.69, 9.17) is 0 Å². The van der Waals surface area contributed by atoms with Crippen molar-refractivity contribution in [3.05, 3.63) is 30.1 Å². The highest BCUT2D eigenvalue weighted by molar-refractivity contribution is 5.03. The maximum Gasteiger partial charge on any atom is 0.0403 e. The van der Waals surface area contributed by atoms with Crippen LogP contribution in [0.25, 0.3) is 0 Å². The van der Waals surface area contributed by atoms with Gasteiger partial charge in [0.15, 0.2) is 0 Å². The van der Waals surface area contributed by atoms with Crippen molar-refractivity contribution in [1.29, 1.82) is 0 Å². The van der Waals surface area contributed by atoms with Gasteiger partial charge in [0, 0.05) is 17.9 Å². The molecule has 0 aromatic carbocycles. The van der Waals surface area contributed by atoms with Crippen molar-refractivity contribution in [3.8, 4) is 0 Å². The van der Waals surface area contributed by atoms with Crippen LogP contribution in [-0.2, 0) is 6.42 Å². The van der Waals surface area contributed by atoms with Crippen LogP contribution in [0.15, 0.2) is 24.4 Å². The van der Waals surface area contributed by atoms with Crippen LogP contribution in [0.2, 0.25) is 0 Å². The molecule has 0 fully saturated rings. The van der Waals surface area contributed by atoms with Crippen molar-refractivity contribution in [1.82, 2.24) is 10.3 Å². The van der Waals surface area contributed by atoms with E-state index in [1.807, 2.05) is 12.3 Å². The van der Waals surface area contributed by atoms with Gasteiger partial charge in [0.1, 0.15) is 0 Å². The van der Waals surface area contributed by atoms with Crippen LogP contribution in [0.5, 0.6) is 0 Å². The van der Waals surface area contributed by atoms with Gasteiger partial charge in [-0.05, 0) is 44.4 Å². The highest BCUT2D eigenvalue weighted by Crippen LogP contribution is 2.08. The number of aryl methyl sites for hydroxylation is 1. The number of rotatable bonds is 8. The smallest absolute Gasteiger partial charge is 0.0403 e. The number of pyridine rings is 1. The fraction of sp³-hybridized carbons (Fsp3) is 0.643. The summed E-state index contributed by atoms with van der Waals surface area (Å²) < 4.78 is 0. The Morgan fingerprint density at radius 2 is 2.12 bits per heavy atom. The van der Waals surface area contributed by atoms with Gasteiger partial charge in [-0.3, -0.25) is 4.98 Å². The summed E-state index contributed by atoms with van der Waals surface area (Å²) in [7, 11) is 0. The fourth-order valence-electron chi connectivity index (χ4n) is 2.06.